The Hall–Kier alpha value is -5.39. The number of nitrogens with one attached hydrogen (secondary N) is 1. The van der Waals surface area contributed by atoms with E-state index in [-0.39, 0.29) is 47.5 Å². The van der Waals surface area contributed by atoms with Gasteiger partial charge in [-0.05, 0) is 64.1 Å². The Morgan fingerprint density at radius 2 is 1.15 bits per heavy atom. The van der Waals surface area contributed by atoms with Gasteiger partial charge in [-0.2, -0.15) is 10.2 Å². The molecule has 2 aliphatic rings. The van der Waals surface area contributed by atoms with Crippen molar-refractivity contribution in [2.45, 2.75) is 41.7 Å². The van der Waals surface area contributed by atoms with Gasteiger partial charge in [-0.15, -0.1) is 11.6 Å². The quantitative estimate of drug-likeness (QED) is 0.125. The summed E-state index contributed by atoms with van der Waals surface area (Å²) in [6, 6.07) is 16.9. The van der Waals surface area contributed by atoms with Gasteiger partial charge in [-0.1, -0.05) is 66.0 Å². The summed E-state index contributed by atoms with van der Waals surface area (Å²) in [6.45, 7) is 12.4. The van der Waals surface area contributed by atoms with Crippen LogP contribution in [-0.4, -0.2) is 123 Å². The highest BCUT2D eigenvalue weighted by Gasteiger charge is 2.27. The predicted octanol–water partition coefficient (Wildman–Crippen LogP) is 10.3. The molecule has 6 aromatic rings. The number of H-pyrrole nitrogens is 1. The highest BCUT2D eigenvalue weighted by atomic mass is 35.5. The van der Waals surface area contributed by atoms with Crippen LogP contribution < -0.4 is 19.3 Å². The summed E-state index contributed by atoms with van der Waals surface area (Å²) in [7, 11) is 0. The summed E-state index contributed by atoms with van der Waals surface area (Å²) in [4.78, 5) is 40.1. The number of carbonyl (C=O) groups excluding carboxylic acids is 2. The fourth-order valence-corrected chi connectivity index (χ4v) is 8.18. The van der Waals surface area contributed by atoms with Crippen molar-refractivity contribution >= 4 is 81.2 Å². The fourth-order valence-electron chi connectivity index (χ4n) is 7.19. The molecule has 6 heterocycles. The molecule has 1 N–H and O–H groups in total. The van der Waals surface area contributed by atoms with Gasteiger partial charge < -0.3 is 29.1 Å². The first-order chi connectivity index (χ1) is 32.2. The number of aryl methyl sites for hydroxylation is 1. The van der Waals surface area contributed by atoms with Crippen LogP contribution in [-0.2, 0) is 16.1 Å². The van der Waals surface area contributed by atoms with E-state index in [0.717, 1.165) is 11.4 Å². The molecule has 2 aliphatic heterocycles. The average Bonchev–Trinajstić information content (AvgIpc) is 3.83. The molecule has 2 saturated heterocycles. The smallest absolute Gasteiger partial charge is 0.244 e. The van der Waals surface area contributed by atoms with E-state index in [9.17, 15) is 18.4 Å². The van der Waals surface area contributed by atoms with Crippen molar-refractivity contribution in [2.24, 2.45) is 0 Å². The lowest BCUT2D eigenvalue weighted by Gasteiger charge is -2.36. The van der Waals surface area contributed by atoms with Gasteiger partial charge >= 0.3 is 0 Å². The molecule has 0 unspecified atom stereocenters. The van der Waals surface area contributed by atoms with Crippen molar-refractivity contribution in [3.8, 4) is 34.3 Å². The number of hydrogen-bond donors (Lipinski definition) is 1. The zero-order valence-corrected chi connectivity index (χ0v) is 41.0. The highest BCUT2D eigenvalue weighted by molar-refractivity contribution is 6.34. The first-order valence-electron chi connectivity index (χ1n) is 21.4. The molecule has 0 spiro atoms. The van der Waals surface area contributed by atoms with Crippen LogP contribution in [0.2, 0.25) is 20.1 Å². The van der Waals surface area contributed by atoms with Crippen LogP contribution >= 0.6 is 58.0 Å². The average molecular weight is 1040 g/mol. The first kappa shape index (κ1) is 53.6. The zero-order chi connectivity index (χ0) is 48.2. The second-order valence-corrected chi connectivity index (χ2v) is 16.9. The number of aromatic amines is 1. The maximum Gasteiger partial charge on any atom is 0.244 e. The van der Waals surface area contributed by atoms with E-state index in [0.29, 0.717) is 121 Å². The van der Waals surface area contributed by atoms with Gasteiger partial charge in [0.1, 0.15) is 46.9 Å². The second kappa shape index (κ2) is 25.3. The minimum Gasteiger partial charge on any atom is -0.492 e. The Labute approximate surface area is 420 Å². The van der Waals surface area contributed by atoms with Crippen molar-refractivity contribution < 1.29 is 27.8 Å². The normalized spacial score (nSPS) is 13.5. The lowest BCUT2D eigenvalue weighted by Crippen LogP contribution is -2.50. The monoisotopic (exact) mass is 1030 g/mol. The van der Waals surface area contributed by atoms with Gasteiger partial charge in [0.25, 0.3) is 0 Å². The third-order valence-corrected chi connectivity index (χ3v) is 12.5. The van der Waals surface area contributed by atoms with E-state index < -0.39 is 5.82 Å². The van der Waals surface area contributed by atoms with Gasteiger partial charge in [0.05, 0.1) is 67.5 Å². The molecule has 2 amide bonds. The number of hydrogen-bond acceptors (Lipinski definition) is 10. The summed E-state index contributed by atoms with van der Waals surface area (Å²) in [6.07, 6.45) is 3.39. The Balaban J connectivity index is 0.000000210. The number of nitrogens with zero attached hydrogens (tertiary/aromatic N) is 9. The Morgan fingerprint density at radius 3 is 1.56 bits per heavy atom. The highest BCUT2D eigenvalue weighted by Crippen LogP contribution is 2.35. The Morgan fingerprint density at radius 1 is 0.676 bits per heavy atom. The SMILES string of the molecule is C.CCOc1cc(N2CCN(C(=O)CCl)CC2)c(F)cc1Cl.CCOc1cc(N2CCN(C(=O)Cn3nc(-c4ccccn4)c(Cl)c3C)CC2)c(F)cc1Cl.Cc1[nH]nc(-c2ccccn2)c1Cl. The summed E-state index contributed by atoms with van der Waals surface area (Å²) in [5.41, 5.74) is 5.14. The number of aromatic nitrogens is 6. The molecule has 0 radical (unpaired) electrons. The second-order valence-electron chi connectivity index (χ2n) is 15.1. The van der Waals surface area contributed by atoms with Gasteiger partial charge in [-0.25, -0.2) is 8.78 Å². The molecule has 21 heteroatoms. The van der Waals surface area contributed by atoms with Gasteiger partial charge in [-0.3, -0.25) is 29.3 Å². The number of pyridine rings is 2. The van der Waals surface area contributed by atoms with Crippen molar-refractivity contribution in [2.75, 3.05) is 81.3 Å². The number of anilines is 2. The van der Waals surface area contributed by atoms with E-state index in [2.05, 4.69) is 25.3 Å². The zero-order valence-electron chi connectivity index (χ0n) is 37.2. The maximum absolute atomic E-state index is 14.5. The molecule has 0 aliphatic carbocycles. The van der Waals surface area contributed by atoms with Gasteiger partial charge in [0.15, 0.2) is 0 Å². The molecule has 14 nitrogen and oxygen atoms in total. The number of ether oxygens (including phenoxy) is 2. The van der Waals surface area contributed by atoms with Crippen molar-refractivity contribution in [1.82, 2.24) is 39.7 Å². The number of carbonyl (C=O) groups is 2. The Kier molecular flexibility index (Phi) is 19.9. The van der Waals surface area contributed by atoms with Gasteiger partial charge in [0.2, 0.25) is 11.8 Å². The largest absolute Gasteiger partial charge is 0.492 e. The molecular weight excluding hydrogens is 984 g/mol. The summed E-state index contributed by atoms with van der Waals surface area (Å²) < 4.78 is 41.1. The van der Waals surface area contributed by atoms with E-state index in [1.54, 1.807) is 39.0 Å². The van der Waals surface area contributed by atoms with E-state index in [4.69, 9.17) is 67.5 Å². The maximum atomic E-state index is 14.5. The topological polar surface area (TPSA) is 138 Å². The van der Waals surface area contributed by atoms with Crippen LogP contribution in [0.1, 0.15) is 32.7 Å². The predicted molar refractivity (Wildman–Crippen MR) is 267 cm³/mol. The van der Waals surface area contributed by atoms with Crippen LogP contribution in [0.3, 0.4) is 0 Å². The lowest BCUT2D eigenvalue weighted by molar-refractivity contribution is -0.132. The lowest BCUT2D eigenvalue weighted by atomic mass is 10.2. The number of halogens is 7. The molecule has 4 aromatic heterocycles. The molecule has 0 saturated carbocycles. The standard InChI is InChI=1S/C23H24Cl2FN5O2.C14H17Cl2FN2O2.C9H8ClN3.CH4/c1-3-33-20-13-19(17(26)12-16(20)24)29-8-10-30(11-9-29)21(32)14-31-15(2)22(25)23(28-31)18-6-4-5-7-27-18;1-2-21-13-8-12(11(17)7-10(13)16)18-3-5-19(6-4-18)14(20)9-15;1-6-8(10)9(13-12-6)7-4-2-3-5-11-7;/h4-7,12-13H,3,8-11,14H2,1-2H3;7-8H,2-6,9H2,1H3;2-5H,1H3,(H,12,13);1H4. The van der Waals surface area contributed by atoms with Gasteiger partial charge in [0, 0.05) is 76.9 Å². The third-order valence-electron chi connectivity index (χ3n) is 10.8. The summed E-state index contributed by atoms with van der Waals surface area (Å²) in [5.74, 6) is -0.0747. The van der Waals surface area contributed by atoms with Crippen molar-refractivity contribution in [1.29, 1.82) is 0 Å². The van der Waals surface area contributed by atoms with Crippen molar-refractivity contribution in [3.63, 3.8) is 0 Å². The number of amides is 2. The molecule has 364 valence electrons. The van der Waals surface area contributed by atoms with E-state index in [1.807, 2.05) is 73.9 Å². The van der Waals surface area contributed by atoms with Crippen LogP contribution in [0, 0.1) is 25.5 Å². The Bertz CT molecular complexity index is 2610. The molecule has 8 rings (SSSR count). The summed E-state index contributed by atoms with van der Waals surface area (Å²) in [5, 5.41) is 13.0. The number of rotatable bonds is 11. The third kappa shape index (κ3) is 13.2. The minimum atomic E-state index is -0.410. The van der Waals surface area contributed by atoms with Crippen LogP contribution in [0.15, 0.2) is 73.1 Å². The molecule has 2 fully saturated rings. The van der Waals surface area contributed by atoms with Crippen LogP contribution in [0.25, 0.3) is 22.8 Å². The van der Waals surface area contributed by atoms with E-state index in [1.165, 1.54) is 12.1 Å². The van der Waals surface area contributed by atoms with Crippen LogP contribution in [0.4, 0.5) is 20.2 Å². The minimum absolute atomic E-state index is 0. The van der Waals surface area contributed by atoms with Crippen LogP contribution in [0.5, 0.6) is 11.5 Å². The summed E-state index contributed by atoms with van der Waals surface area (Å²) >= 11 is 30.0. The molecular formula is C47H53Cl5F2N10O4. The molecule has 2 aromatic carbocycles. The van der Waals surface area contributed by atoms with Crippen molar-refractivity contribution in [3.05, 3.63) is 116 Å². The number of benzene rings is 2. The first-order valence-corrected chi connectivity index (χ1v) is 23.4. The molecule has 0 bridgehead atoms. The molecule has 0 atom stereocenters. The number of alkyl halides is 1. The fraction of sp³-hybridized carbons (Fsp3) is 0.362. The number of piperazine rings is 2. The van der Waals surface area contributed by atoms with E-state index >= 15 is 0 Å². The molecule has 68 heavy (non-hydrogen) atoms.